The van der Waals surface area contributed by atoms with Gasteiger partial charge in [0.15, 0.2) is 12.6 Å². The average Bonchev–Trinajstić information content (AvgIpc) is 2.76. The van der Waals surface area contributed by atoms with Gasteiger partial charge in [0.25, 0.3) is 0 Å². The fourth-order valence-corrected chi connectivity index (χ4v) is 4.85. The quantitative estimate of drug-likeness (QED) is 0.143. The number of nitrogens with zero attached hydrogens (tertiary/aromatic N) is 1. The molecular weight excluding hydrogens is 468 g/mol. The zero-order valence-corrected chi connectivity index (χ0v) is 20.0. The molecule has 3 rings (SSSR count). The molecule has 2 aliphatic heterocycles. The molecule has 0 radical (unpaired) electrons. The highest BCUT2D eigenvalue weighted by Gasteiger charge is 2.51. The van der Waals surface area contributed by atoms with Crippen LogP contribution >= 0.6 is 0 Å². The summed E-state index contributed by atoms with van der Waals surface area (Å²) in [5, 5.41) is 52.3. The number of rotatable bonds is 7. The minimum atomic E-state index is -1.99. The molecule has 0 spiro atoms. The fraction of sp³-hybridized carbons (Fsp3) is 1.00. The first kappa shape index (κ1) is 29.0. The van der Waals surface area contributed by atoms with E-state index in [0.717, 1.165) is 0 Å². The van der Waals surface area contributed by atoms with Gasteiger partial charge in [0, 0.05) is 31.6 Å². The van der Waals surface area contributed by atoms with Crippen LogP contribution in [-0.4, -0.2) is 143 Å². The molecular formula is C20H42N6O9. The van der Waals surface area contributed by atoms with E-state index in [1.54, 1.807) is 19.0 Å². The van der Waals surface area contributed by atoms with E-state index in [9.17, 15) is 25.5 Å². The molecule has 3 aliphatic rings. The van der Waals surface area contributed by atoms with E-state index in [0.29, 0.717) is 0 Å². The topological polar surface area (TPSA) is 271 Å². The van der Waals surface area contributed by atoms with Crippen molar-refractivity contribution in [2.24, 2.45) is 28.7 Å². The van der Waals surface area contributed by atoms with E-state index in [4.69, 9.17) is 47.6 Å². The Bertz CT molecular complexity index is 691. The van der Waals surface area contributed by atoms with Gasteiger partial charge in [0.2, 0.25) is 0 Å². The Morgan fingerprint density at radius 3 is 2.09 bits per heavy atom. The van der Waals surface area contributed by atoms with Crippen LogP contribution in [0.2, 0.25) is 0 Å². The zero-order chi connectivity index (χ0) is 26.2. The van der Waals surface area contributed by atoms with Crippen molar-refractivity contribution >= 4 is 0 Å². The second-order valence-corrected chi connectivity index (χ2v) is 10.1. The van der Waals surface area contributed by atoms with Crippen LogP contribution in [0, 0.1) is 0 Å². The van der Waals surface area contributed by atoms with Crippen molar-refractivity contribution in [3.8, 4) is 0 Å². The average molecular weight is 511 g/mol. The van der Waals surface area contributed by atoms with Crippen LogP contribution in [0.25, 0.3) is 0 Å². The van der Waals surface area contributed by atoms with Crippen molar-refractivity contribution in [3.63, 3.8) is 0 Å². The first-order valence-electron chi connectivity index (χ1n) is 11.7. The molecule has 15 heteroatoms. The summed E-state index contributed by atoms with van der Waals surface area (Å²) >= 11 is 0. The van der Waals surface area contributed by atoms with E-state index in [-0.39, 0.29) is 25.9 Å². The molecule has 35 heavy (non-hydrogen) atoms. The molecule has 15 N–H and O–H groups in total. The first-order valence-corrected chi connectivity index (χ1v) is 11.7. The van der Waals surface area contributed by atoms with E-state index in [1.807, 2.05) is 0 Å². The van der Waals surface area contributed by atoms with Crippen molar-refractivity contribution in [1.82, 2.24) is 4.90 Å². The molecule has 15 nitrogen and oxygen atoms in total. The molecule has 206 valence electrons. The number of ether oxygens (including phenoxy) is 4. The maximum Gasteiger partial charge on any atom is 0.176 e. The Labute approximate surface area is 204 Å². The standard InChI is InChI=1S/C20H42N6O9/c1-26(2)6-10-18(30)20(25,31)4-11(32-10)34-16-7(22)3-8(23)17(15(16)29)35-19-12(24)14(28)13(27)9(5-21)33-19/h7-19,27-31H,3-6,21-25H2,1-2H3/t7-,8+,9-,10-,11-,12-,13-,14-,15-,16+,17-,18-,19-,20-/m1/s1. The molecule has 1 aliphatic carbocycles. The summed E-state index contributed by atoms with van der Waals surface area (Å²) in [6.45, 7) is 0.158. The van der Waals surface area contributed by atoms with E-state index in [1.165, 1.54) is 0 Å². The zero-order valence-electron chi connectivity index (χ0n) is 20.0. The number of hydrogen-bond donors (Lipinski definition) is 10. The monoisotopic (exact) mass is 510 g/mol. The van der Waals surface area contributed by atoms with Crippen LogP contribution < -0.4 is 28.7 Å². The van der Waals surface area contributed by atoms with Gasteiger partial charge >= 0.3 is 0 Å². The number of hydrogen-bond acceptors (Lipinski definition) is 15. The second kappa shape index (κ2) is 11.4. The summed E-state index contributed by atoms with van der Waals surface area (Å²) in [7, 11) is 3.53. The van der Waals surface area contributed by atoms with Gasteiger partial charge in [0.05, 0.1) is 6.04 Å². The maximum absolute atomic E-state index is 11.1. The summed E-state index contributed by atoms with van der Waals surface area (Å²) < 4.78 is 23.2. The number of aliphatic hydroxyl groups excluding tert-OH is 4. The summed E-state index contributed by atoms with van der Waals surface area (Å²) in [6.07, 6.45) is -11.7. The Morgan fingerprint density at radius 1 is 0.914 bits per heavy atom. The minimum absolute atomic E-state index is 0.0956. The lowest BCUT2D eigenvalue weighted by molar-refractivity contribution is -0.317. The third-order valence-electron chi connectivity index (χ3n) is 6.87. The lowest BCUT2D eigenvalue weighted by Crippen LogP contribution is -2.69. The maximum atomic E-state index is 11.1. The van der Waals surface area contributed by atoms with Crippen molar-refractivity contribution in [2.75, 3.05) is 27.2 Å². The van der Waals surface area contributed by atoms with Gasteiger partial charge in [0.1, 0.15) is 54.6 Å². The highest BCUT2D eigenvalue weighted by molar-refractivity contribution is 5.01. The number of aliphatic hydroxyl groups is 5. The van der Waals surface area contributed by atoms with Gasteiger partial charge < -0.3 is 78.0 Å². The van der Waals surface area contributed by atoms with Gasteiger partial charge in [-0.15, -0.1) is 0 Å². The van der Waals surface area contributed by atoms with E-state index in [2.05, 4.69) is 0 Å². The van der Waals surface area contributed by atoms with Crippen LogP contribution in [0.3, 0.4) is 0 Å². The molecule has 0 bridgehead atoms. The van der Waals surface area contributed by atoms with E-state index < -0.39 is 85.3 Å². The van der Waals surface area contributed by atoms with E-state index >= 15 is 0 Å². The predicted molar refractivity (Wildman–Crippen MR) is 121 cm³/mol. The largest absolute Gasteiger partial charge is 0.388 e. The van der Waals surface area contributed by atoms with Crippen LogP contribution in [0.1, 0.15) is 12.8 Å². The lowest BCUT2D eigenvalue weighted by atomic mass is 9.84. The van der Waals surface area contributed by atoms with Crippen molar-refractivity contribution in [1.29, 1.82) is 0 Å². The van der Waals surface area contributed by atoms with Crippen LogP contribution in [0.15, 0.2) is 0 Å². The van der Waals surface area contributed by atoms with Gasteiger partial charge in [-0.25, -0.2) is 0 Å². The molecule has 0 amide bonds. The fourth-order valence-electron chi connectivity index (χ4n) is 4.85. The smallest absolute Gasteiger partial charge is 0.176 e. The van der Waals surface area contributed by atoms with Gasteiger partial charge in [-0.05, 0) is 20.5 Å². The SMILES string of the molecule is CN(C)C[C@H]1O[C@H](O[C@@H]2[C@@H](O)[C@H](O[C@H]3O[C@H](CN)[C@@H](O)[C@H](O)[C@H]3N)[C@@H](N)C[C@H]2N)C[C@@](N)(O)[C@@H]1O. The minimum Gasteiger partial charge on any atom is -0.388 e. The predicted octanol–water partition coefficient (Wildman–Crippen LogP) is -6.41. The second-order valence-electron chi connectivity index (χ2n) is 10.1. The molecule has 0 aromatic rings. The van der Waals surface area contributed by atoms with Gasteiger partial charge in [-0.2, -0.15) is 0 Å². The third kappa shape index (κ3) is 6.28. The molecule has 2 saturated heterocycles. The normalized spacial score (nSPS) is 51.5. The number of nitrogens with two attached hydrogens (primary N) is 5. The molecule has 14 atom stereocenters. The van der Waals surface area contributed by atoms with Crippen LogP contribution in [0.4, 0.5) is 0 Å². The summed E-state index contributed by atoms with van der Waals surface area (Å²) in [6, 6.07) is -2.60. The van der Waals surface area contributed by atoms with Crippen molar-refractivity contribution in [3.05, 3.63) is 0 Å². The van der Waals surface area contributed by atoms with Crippen LogP contribution in [-0.2, 0) is 18.9 Å². The number of likely N-dealkylation sites (N-methyl/N-ethyl adjacent to an activating group) is 1. The Hall–Kier alpha value is -0.600. The molecule has 0 unspecified atom stereocenters. The Morgan fingerprint density at radius 2 is 1.51 bits per heavy atom. The van der Waals surface area contributed by atoms with Crippen molar-refractivity contribution in [2.45, 2.75) is 98.1 Å². The molecule has 3 fully saturated rings. The molecule has 2 heterocycles. The van der Waals surface area contributed by atoms with Gasteiger partial charge in [-0.3, -0.25) is 0 Å². The Kier molecular flexibility index (Phi) is 9.45. The molecule has 0 aromatic heterocycles. The highest BCUT2D eigenvalue weighted by atomic mass is 16.7. The van der Waals surface area contributed by atoms with Crippen molar-refractivity contribution < 1.29 is 44.5 Å². The molecule has 1 saturated carbocycles. The summed E-state index contributed by atoms with van der Waals surface area (Å²) in [5.74, 6) is 0. The third-order valence-corrected chi connectivity index (χ3v) is 6.87. The lowest BCUT2D eigenvalue weighted by Gasteiger charge is -2.48. The van der Waals surface area contributed by atoms with Crippen LogP contribution in [0.5, 0.6) is 0 Å². The van der Waals surface area contributed by atoms with Gasteiger partial charge in [-0.1, -0.05) is 0 Å². The Balaban J connectivity index is 1.72. The molecule has 0 aromatic carbocycles. The summed E-state index contributed by atoms with van der Waals surface area (Å²) in [4.78, 5) is 1.75. The first-order chi connectivity index (χ1) is 16.3. The highest BCUT2D eigenvalue weighted by Crippen LogP contribution is 2.32. The summed E-state index contributed by atoms with van der Waals surface area (Å²) in [5.41, 5.74) is 27.9.